The first kappa shape index (κ1) is 11.2. The van der Waals surface area contributed by atoms with Gasteiger partial charge in [-0.05, 0) is 6.92 Å². The first-order valence-corrected chi connectivity index (χ1v) is 5.20. The number of nitrogens with zero attached hydrogens (tertiary/aromatic N) is 1. The smallest absolute Gasteiger partial charge is 0.305 e. The third-order valence-corrected chi connectivity index (χ3v) is 3.18. The van der Waals surface area contributed by atoms with E-state index in [4.69, 9.17) is 17.3 Å². The average Bonchev–Trinajstić information content (AvgIpc) is 2.39. The van der Waals surface area contributed by atoms with Gasteiger partial charge in [-0.15, -0.1) is 0 Å². The fraction of sp³-hybridized carbons (Fsp3) is 0.375. The monoisotopic (exact) mass is 231 g/mol. The highest BCUT2D eigenvalue weighted by atomic mass is 32.2. The zero-order valence-corrected chi connectivity index (χ0v) is 9.15. The second-order valence-electron chi connectivity index (χ2n) is 2.62. The average molecular weight is 231 g/mol. The van der Waals surface area contributed by atoms with E-state index < -0.39 is 5.97 Å². The van der Waals surface area contributed by atoms with Crippen molar-refractivity contribution in [3.63, 3.8) is 0 Å². The first-order chi connectivity index (χ1) is 6.56. The first-order valence-electron chi connectivity index (χ1n) is 3.98. The summed E-state index contributed by atoms with van der Waals surface area (Å²) in [6.07, 6.45) is 1.60. The molecule has 1 fully saturated rings. The van der Waals surface area contributed by atoms with Crippen LogP contribution in [-0.4, -0.2) is 32.7 Å². The summed E-state index contributed by atoms with van der Waals surface area (Å²) in [5, 5.41) is 8.47. The molecule has 1 heterocycles. The Bertz CT molecular complexity index is 325. The summed E-state index contributed by atoms with van der Waals surface area (Å²) < 4.78 is 0.435. The summed E-state index contributed by atoms with van der Waals surface area (Å²) >= 11 is 6.16. The van der Waals surface area contributed by atoms with Crippen LogP contribution in [0.5, 0.6) is 0 Å². The number of rotatable bonds is 3. The topological polar surface area (TPSA) is 57.6 Å². The fourth-order valence-electron chi connectivity index (χ4n) is 0.991. The number of thiocarbonyl (C=S) groups is 1. The Kier molecular flexibility index (Phi) is 3.65. The van der Waals surface area contributed by atoms with Crippen LogP contribution in [0.4, 0.5) is 0 Å². The van der Waals surface area contributed by atoms with Gasteiger partial charge in [-0.3, -0.25) is 14.5 Å². The Morgan fingerprint density at radius 3 is 2.79 bits per heavy atom. The van der Waals surface area contributed by atoms with E-state index >= 15 is 0 Å². The molecule has 4 nitrogen and oxygen atoms in total. The molecule has 76 valence electrons. The molecule has 14 heavy (non-hydrogen) atoms. The number of aliphatic carboxylic acids is 1. The lowest BCUT2D eigenvalue weighted by atomic mass is 10.4. The molecule has 0 aromatic rings. The van der Waals surface area contributed by atoms with Gasteiger partial charge in [0.15, 0.2) is 0 Å². The van der Waals surface area contributed by atoms with E-state index in [0.29, 0.717) is 9.23 Å². The molecule has 0 unspecified atom stereocenters. The fourth-order valence-corrected chi connectivity index (χ4v) is 2.22. The van der Waals surface area contributed by atoms with Gasteiger partial charge in [0.1, 0.15) is 4.32 Å². The van der Waals surface area contributed by atoms with Gasteiger partial charge in [-0.1, -0.05) is 30.1 Å². The predicted octanol–water partition coefficient (Wildman–Crippen LogP) is 1.23. The van der Waals surface area contributed by atoms with Crippen molar-refractivity contribution in [2.75, 3.05) is 6.54 Å². The molecular weight excluding hydrogens is 222 g/mol. The quantitative estimate of drug-likeness (QED) is 0.584. The standard InChI is InChI=1S/C8H9NO3S2/c1-2-5-7(12)9(8(13)14-5)4-3-6(10)11/h2H,3-4H2,1H3,(H,10,11). The van der Waals surface area contributed by atoms with E-state index in [-0.39, 0.29) is 18.9 Å². The second kappa shape index (κ2) is 4.56. The van der Waals surface area contributed by atoms with Crippen LogP contribution in [0.25, 0.3) is 0 Å². The molecule has 0 aromatic heterocycles. The number of carboxylic acid groups (broad SMARTS) is 1. The maximum atomic E-state index is 11.5. The Morgan fingerprint density at radius 1 is 1.71 bits per heavy atom. The molecule has 0 atom stereocenters. The van der Waals surface area contributed by atoms with E-state index in [0.717, 1.165) is 0 Å². The van der Waals surface area contributed by atoms with E-state index in [2.05, 4.69) is 0 Å². The highest BCUT2D eigenvalue weighted by Crippen LogP contribution is 2.30. The van der Waals surface area contributed by atoms with Crippen molar-refractivity contribution >= 4 is 40.2 Å². The summed E-state index contributed by atoms with van der Waals surface area (Å²) in [6.45, 7) is 1.90. The lowest BCUT2D eigenvalue weighted by Gasteiger charge is -2.11. The zero-order valence-electron chi connectivity index (χ0n) is 7.52. The Morgan fingerprint density at radius 2 is 2.36 bits per heavy atom. The van der Waals surface area contributed by atoms with E-state index in [1.54, 1.807) is 13.0 Å². The van der Waals surface area contributed by atoms with Crippen LogP contribution in [0.3, 0.4) is 0 Å². The maximum Gasteiger partial charge on any atom is 0.305 e. The number of thioether (sulfide) groups is 1. The molecule has 1 aliphatic rings. The minimum Gasteiger partial charge on any atom is -0.481 e. The van der Waals surface area contributed by atoms with Gasteiger partial charge in [-0.2, -0.15) is 0 Å². The predicted molar refractivity (Wildman–Crippen MR) is 57.9 cm³/mol. The lowest BCUT2D eigenvalue weighted by Crippen LogP contribution is -2.30. The van der Waals surface area contributed by atoms with Crippen molar-refractivity contribution in [3.05, 3.63) is 11.0 Å². The van der Waals surface area contributed by atoms with E-state index in [1.165, 1.54) is 16.7 Å². The van der Waals surface area contributed by atoms with E-state index in [9.17, 15) is 9.59 Å². The van der Waals surface area contributed by atoms with Gasteiger partial charge in [0.05, 0.1) is 11.3 Å². The molecule has 0 radical (unpaired) electrons. The van der Waals surface area contributed by atoms with Crippen LogP contribution in [-0.2, 0) is 9.59 Å². The molecule has 1 rings (SSSR count). The number of hydrogen-bond acceptors (Lipinski definition) is 4. The van der Waals surface area contributed by atoms with Gasteiger partial charge >= 0.3 is 5.97 Å². The maximum absolute atomic E-state index is 11.5. The van der Waals surface area contributed by atoms with Crippen molar-refractivity contribution < 1.29 is 14.7 Å². The lowest BCUT2D eigenvalue weighted by molar-refractivity contribution is -0.137. The highest BCUT2D eigenvalue weighted by molar-refractivity contribution is 8.26. The molecule has 0 saturated carbocycles. The Hall–Kier alpha value is -0.880. The SMILES string of the molecule is CC=C1SC(=S)N(CCC(=O)O)C1=O. The van der Waals surface area contributed by atoms with Crippen LogP contribution < -0.4 is 0 Å². The van der Waals surface area contributed by atoms with Crippen LogP contribution in [0.1, 0.15) is 13.3 Å². The largest absolute Gasteiger partial charge is 0.481 e. The minimum absolute atomic E-state index is 0.0799. The van der Waals surface area contributed by atoms with Crippen molar-refractivity contribution in [1.82, 2.24) is 4.90 Å². The van der Waals surface area contributed by atoms with E-state index in [1.807, 2.05) is 0 Å². The molecule has 0 aromatic carbocycles. The number of carbonyl (C=O) groups is 2. The van der Waals surface area contributed by atoms with Crippen LogP contribution in [0, 0.1) is 0 Å². The molecule has 0 spiro atoms. The molecule has 1 saturated heterocycles. The third-order valence-electron chi connectivity index (χ3n) is 1.69. The van der Waals surface area contributed by atoms with Gasteiger partial charge in [0, 0.05) is 6.54 Å². The molecule has 6 heteroatoms. The van der Waals surface area contributed by atoms with Gasteiger partial charge < -0.3 is 5.11 Å². The minimum atomic E-state index is -0.931. The summed E-state index contributed by atoms with van der Waals surface area (Å²) in [7, 11) is 0. The molecule has 0 bridgehead atoms. The van der Waals surface area contributed by atoms with Gasteiger partial charge in [-0.25, -0.2) is 0 Å². The van der Waals surface area contributed by atoms with Gasteiger partial charge in [0.25, 0.3) is 5.91 Å². The zero-order chi connectivity index (χ0) is 10.7. The van der Waals surface area contributed by atoms with Crippen LogP contribution >= 0.6 is 24.0 Å². The third kappa shape index (κ3) is 2.33. The molecule has 0 aliphatic carbocycles. The number of amides is 1. The van der Waals surface area contributed by atoms with Crippen molar-refractivity contribution in [2.24, 2.45) is 0 Å². The number of allylic oxidation sites excluding steroid dienone is 1. The summed E-state index contributed by atoms with van der Waals surface area (Å²) in [6, 6.07) is 0. The van der Waals surface area contributed by atoms with Crippen molar-refractivity contribution in [3.8, 4) is 0 Å². The molecule has 1 amide bonds. The normalized spacial score (nSPS) is 19.5. The molecular formula is C8H9NO3S2. The van der Waals surface area contributed by atoms with Crippen molar-refractivity contribution in [1.29, 1.82) is 0 Å². The number of hydrogen-bond donors (Lipinski definition) is 1. The van der Waals surface area contributed by atoms with Gasteiger partial charge in [0.2, 0.25) is 0 Å². The highest BCUT2D eigenvalue weighted by Gasteiger charge is 2.31. The Labute approximate surface area is 91.0 Å². The van der Waals surface area contributed by atoms with Crippen LogP contribution in [0.2, 0.25) is 0 Å². The number of carbonyl (C=O) groups excluding carboxylic acids is 1. The van der Waals surface area contributed by atoms with Crippen LogP contribution in [0.15, 0.2) is 11.0 Å². The molecule has 1 aliphatic heterocycles. The summed E-state index contributed by atoms with van der Waals surface area (Å²) in [5.41, 5.74) is 0. The Balaban J connectivity index is 2.66. The molecule has 1 N–H and O–H groups in total. The number of carboxylic acids is 1. The summed E-state index contributed by atoms with van der Waals surface area (Å²) in [4.78, 5) is 23.7. The summed E-state index contributed by atoms with van der Waals surface area (Å²) in [5.74, 6) is -1.12. The second-order valence-corrected chi connectivity index (χ2v) is 4.30. The van der Waals surface area contributed by atoms with Crippen molar-refractivity contribution in [2.45, 2.75) is 13.3 Å².